The number of hydrogen-bond acceptors (Lipinski definition) is 5. The van der Waals surface area contributed by atoms with Gasteiger partial charge in [-0.15, -0.1) is 0 Å². The largest absolute Gasteiger partial charge is 0.386 e. The van der Waals surface area contributed by atoms with Crippen LogP contribution >= 0.6 is 0 Å². The standard InChI is InChI=1S/C22H25N3O4/c26-20-14-29-13-19(25(20)12-18-6-1-2-11-23-18)21(27)15-7-9-17(10-8-15)24-22(28)16-4-3-5-16/h1-2,6-11,16,19,21,27H,3-5,12-14H2,(H,24,28). The minimum Gasteiger partial charge on any atom is -0.386 e. The Morgan fingerprint density at radius 3 is 2.69 bits per heavy atom. The number of carbonyl (C=O) groups is 2. The van der Waals surface area contributed by atoms with Crippen molar-refractivity contribution < 1.29 is 19.4 Å². The average Bonchev–Trinajstić information content (AvgIpc) is 2.69. The Balaban J connectivity index is 1.45. The third-order valence-electron chi connectivity index (χ3n) is 5.65. The lowest BCUT2D eigenvalue weighted by Crippen LogP contribution is -2.51. The summed E-state index contributed by atoms with van der Waals surface area (Å²) in [5.74, 6) is -0.00137. The van der Waals surface area contributed by atoms with E-state index in [4.69, 9.17) is 4.74 Å². The Morgan fingerprint density at radius 2 is 2.03 bits per heavy atom. The average molecular weight is 395 g/mol. The van der Waals surface area contributed by atoms with E-state index < -0.39 is 12.1 Å². The van der Waals surface area contributed by atoms with Crippen molar-refractivity contribution >= 4 is 17.5 Å². The van der Waals surface area contributed by atoms with Gasteiger partial charge in [-0.25, -0.2) is 0 Å². The number of ether oxygens (including phenoxy) is 1. The summed E-state index contributed by atoms with van der Waals surface area (Å²) in [7, 11) is 0. The number of aromatic nitrogens is 1. The molecule has 1 aromatic heterocycles. The van der Waals surface area contributed by atoms with Crippen LogP contribution in [0.2, 0.25) is 0 Å². The molecule has 7 heteroatoms. The van der Waals surface area contributed by atoms with Gasteiger partial charge >= 0.3 is 0 Å². The van der Waals surface area contributed by atoms with Crippen LogP contribution in [0.25, 0.3) is 0 Å². The first-order chi connectivity index (χ1) is 14.1. The van der Waals surface area contributed by atoms with Crippen LogP contribution in [0.15, 0.2) is 48.7 Å². The summed E-state index contributed by atoms with van der Waals surface area (Å²) in [4.78, 5) is 30.4. The Kier molecular flexibility index (Phi) is 5.87. The molecule has 2 heterocycles. The highest BCUT2D eigenvalue weighted by Gasteiger charge is 2.35. The fourth-order valence-electron chi connectivity index (χ4n) is 3.66. The number of morpholine rings is 1. The van der Waals surface area contributed by atoms with Gasteiger partial charge in [0.2, 0.25) is 11.8 Å². The number of pyridine rings is 1. The molecule has 1 aliphatic heterocycles. The van der Waals surface area contributed by atoms with E-state index in [1.807, 2.05) is 18.2 Å². The van der Waals surface area contributed by atoms with Gasteiger partial charge in [0.05, 0.1) is 24.9 Å². The highest BCUT2D eigenvalue weighted by molar-refractivity contribution is 5.93. The SMILES string of the molecule is O=C(Nc1ccc(C(O)C2COCC(=O)N2Cc2ccccn2)cc1)C1CCC1. The second kappa shape index (κ2) is 8.71. The number of aliphatic hydroxyl groups excluding tert-OH is 1. The molecule has 1 saturated heterocycles. The van der Waals surface area contributed by atoms with Crippen LogP contribution in [-0.4, -0.2) is 46.1 Å². The number of nitrogens with one attached hydrogen (secondary N) is 1. The van der Waals surface area contributed by atoms with E-state index in [2.05, 4.69) is 10.3 Å². The molecule has 2 amide bonds. The van der Waals surface area contributed by atoms with Crippen LogP contribution in [0.5, 0.6) is 0 Å². The maximum atomic E-state index is 12.4. The van der Waals surface area contributed by atoms with Gasteiger partial charge in [0.1, 0.15) is 12.7 Å². The molecule has 2 atom stereocenters. The van der Waals surface area contributed by atoms with Crippen LogP contribution in [0.1, 0.15) is 36.6 Å². The lowest BCUT2D eigenvalue weighted by Gasteiger charge is -2.38. The van der Waals surface area contributed by atoms with Gasteiger partial charge in [0.25, 0.3) is 0 Å². The van der Waals surface area contributed by atoms with Crippen LogP contribution in [0.4, 0.5) is 5.69 Å². The zero-order valence-corrected chi connectivity index (χ0v) is 16.2. The van der Waals surface area contributed by atoms with Crippen LogP contribution in [-0.2, 0) is 20.9 Å². The lowest BCUT2D eigenvalue weighted by atomic mass is 9.85. The van der Waals surface area contributed by atoms with Gasteiger partial charge in [-0.1, -0.05) is 24.6 Å². The number of anilines is 1. The number of carbonyl (C=O) groups excluding carboxylic acids is 2. The fraction of sp³-hybridized carbons (Fsp3) is 0.409. The second-order valence-corrected chi connectivity index (χ2v) is 7.61. The summed E-state index contributed by atoms with van der Waals surface area (Å²) in [5, 5.41) is 13.9. The summed E-state index contributed by atoms with van der Waals surface area (Å²) < 4.78 is 5.40. The molecule has 4 rings (SSSR count). The summed E-state index contributed by atoms with van der Waals surface area (Å²) in [6.07, 6.45) is 3.79. The van der Waals surface area contributed by atoms with Crippen molar-refractivity contribution in [2.24, 2.45) is 5.92 Å². The summed E-state index contributed by atoms with van der Waals surface area (Å²) in [5.41, 5.74) is 2.13. The van der Waals surface area contributed by atoms with E-state index in [1.54, 1.807) is 35.4 Å². The summed E-state index contributed by atoms with van der Waals surface area (Å²) in [6, 6.07) is 12.2. The maximum absolute atomic E-state index is 12.4. The van der Waals surface area contributed by atoms with Gasteiger partial charge in [-0.3, -0.25) is 14.6 Å². The van der Waals surface area contributed by atoms with Crippen molar-refractivity contribution in [3.63, 3.8) is 0 Å². The van der Waals surface area contributed by atoms with Crippen molar-refractivity contribution in [2.45, 2.75) is 38.0 Å². The first-order valence-corrected chi connectivity index (χ1v) is 9.98. The molecular weight excluding hydrogens is 370 g/mol. The Morgan fingerprint density at radius 1 is 1.24 bits per heavy atom. The molecule has 0 radical (unpaired) electrons. The fourth-order valence-corrected chi connectivity index (χ4v) is 3.66. The summed E-state index contributed by atoms with van der Waals surface area (Å²) in [6.45, 7) is 0.572. The van der Waals surface area contributed by atoms with E-state index in [1.165, 1.54) is 0 Å². The highest BCUT2D eigenvalue weighted by atomic mass is 16.5. The van der Waals surface area contributed by atoms with Gasteiger partial charge in [-0.05, 0) is 42.7 Å². The van der Waals surface area contributed by atoms with Gasteiger partial charge in [-0.2, -0.15) is 0 Å². The monoisotopic (exact) mass is 395 g/mol. The van der Waals surface area contributed by atoms with E-state index >= 15 is 0 Å². The Labute approximate surface area is 169 Å². The number of hydrogen-bond donors (Lipinski definition) is 2. The molecule has 1 saturated carbocycles. The molecule has 152 valence electrons. The first kappa shape index (κ1) is 19.5. The zero-order chi connectivity index (χ0) is 20.2. The molecule has 1 aliphatic carbocycles. The highest BCUT2D eigenvalue weighted by Crippen LogP contribution is 2.29. The molecule has 2 unspecified atom stereocenters. The molecule has 7 nitrogen and oxygen atoms in total. The smallest absolute Gasteiger partial charge is 0.249 e. The Hall–Kier alpha value is -2.77. The number of nitrogens with zero attached hydrogens (tertiary/aromatic N) is 2. The Bertz CT molecular complexity index is 852. The number of aliphatic hydroxyl groups is 1. The van der Waals surface area contributed by atoms with Crippen molar-refractivity contribution in [3.05, 3.63) is 59.9 Å². The molecule has 0 bridgehead atoms. The van der Waals surface area contributed by atoms with Crippen molar-refractivity contribution in [1.29, 1.82) is 0 Å². The van der Waals surface area contributed by atoms with Crippen molar-refractivity contribution in [1.82, 2.24) is 9.88 Å². The quantitative estimate of drug-likeness (QED) is 0.783. The molecule has 2 N–H and O–H groups in total. The molecule has 2 aromatic rings. The topological polar surface area (TPSA) is 91.8 Å². The number of benzene rings is 1. The van der Waals surface area contributed by atoms with Crippen molar-refractivity contribution in [3.8, 4) is 0 Å². The molecule has 2 fully saturated rings. The number of rotatable bonds is 6. The third-order valence-corrected chi connectivity index (χ3v) is 5.65. The second-order valence-electron chi connectivity index (χ2n) is 7.61. The predicted octanol–water partition coefficient (Wildman–Crippen LogP) is 2.28. The van der Waals surface area contributed by atoms with E-state index in [0.717, 1.165) is 25.0 Å². The van der Waals surface area contributed by atoms with Gasteiger partial charge < -0.3 is 20.1 Å². The van der Waals surface area contributed by atoms with Gasteiger partial charge in [0.15, 0.2) is 0 Å². The van der Waals surface area contributed by atoms with Gasteiger partial charge in [0, 0.05) is 17.8 Å². The maximum Gasteiger partial charge on any atom is 0.249 e. The van der Waals surface area contributed by atoms with Crippen LogP contribution in [0, 0.1) is 5.92 Å². The predicted molar refractivity (Wildman–Crippen MR) is 107 cm³/mol. The molecular formula is C22H25N3O4. The zero-order valence-electron chi connectivity index (χ0n) is 16.2. The lowest BCUT2D eigenvalue weighted by molar-refractivity contribution is -0.155. The van der Waals surface area contributed by atoms with E-state index in [-0.39, 0.29) is 30.9 Å². The molecule has 2 aliphatic rings. The normalized spacial score (nSPS) is 20.8. The molecule has 1 aromatic carbocycles. The van der Waals surface area contributed by atoms with Crippen LogP contribution in [0.3, 0.4) is 0 Å². The molecule has 29 heavy (non-hydrogen) atoms. The minimum atomic E-state index is -0.903. The van der Waals surface area contributed by atoms with E-state index in [0.29, 0.717) is 17.8 Å². The first-order valence-electron chi connectivity index (χ1n) is 9.98. The summed E-state index contributed by atoms with van der Waals surface area (Å²) >= 11 is 0. The van der Waals surface area contributed by atoms with Crippen molar-refractivity contribution in [2.75, 3.05) is 18.5 Å². The van der Waals surface area contributed by atoms with E-state index in [9.17, 15) is 14.7 Å². The molecule has 0 spiro atoms. The minimum absolute atomic E-state index is 0.00217. The van der Waals surface area contributed by atoms with Crippen LogP contribution < -0.4 is 5.32 Å². The third kappa shape index (κ3) is 4.46. The number of amides is 2.